The molecule has 0 saturated heterocycles. The molecule has 0 spiro atoms. The summed E-state index contributed by atoms with van der Waals surface area (Å²) in [6.07, 6.45) is 3.55. The van der Waals surface area contributed by atoms with E-state index in [0.717, 1.165) is 11.5 Å². The maximum atomic E-state index is 5.68. The van der Waals surface area contributed by atoms with E-state index in [1.165, 1.54) is 0 Å². The molecule has 3 nitrogen and oxygen atoms in total. The van der Waals surface area contributed by atoms with Crippen LogP contribution in [0.2, 0.25) is 5.15 Å². The summed E-state index contributed by atoms with van der Waals surface area (Å²) in [5.41, 5.74) is 0.787. The smallest absolute Gasteiger partial charge is 0.158 e. The van der Waals surface area contributed by atoms with Gasteiger partial charge in [-0.2, -0.15) is 0 Å². The summed E-state index contributed by atoms with van der Waals surface area (Å²) in [6, 6.07) is 1.74. The highest BCUT2D eigenvalue weighted by molar-refractivity contribution is 6.29. The number of rotatable bonds is 0. The van der Waals surface area contributed by atoms with Gasteiger partial charge in [0, 0.05) is 6.20 Å². The molecule has 0 atom stereocenters. The van der Waals surface area contributed by atoms with Crippen molar-refractivity contribution in [3.05, 3.63) is 29.4 Å². The summed E-state index contributed by atoms with van der Waals surface area (Å²) in [5, 5.41) is 0.498. The maximum absolute atomic E-state index is 5.68. The Bertz CT molecular complexity index is 393. The van der Waals surface area contributed by atoms with E-state index >= 15 is 0 Å². The molecule has 0 aliphatic rings. The van der Waals surface area contributed by atoms with Crippen molar-refractivity contribution >= 4 is 17.2 Å². The number of imidazole rings is 1. The van der Waals surface area contributed by atoms with Crippen molar-refractivity contribution in [1.82, 2.24) is 14.4 Å². The Labute approximate surface area is 68.7 Å². The van der Waals surface area contributed by atoms with Gasteiger partial charge < -0.3 is 0 Å². The first-order valence-corrected chi connectivity index (χ1v) is 3.61. The summed E-state index contributed by atoms with van der Waals surface area (Å²) in [7, 11) is 0. The van der Waals surface area contributed by atoms with E-state index in [1.54, 1.807) is 12.3 Å². The van der Waals surface area contributed by atoms with Gasteiger partial charge in [-0.05, 0) is 13.0 Å². The Morgan fingerprint density at radius 3 is 3.18 bits per heavy atom. The molecule has 0 saturated carbocycles. The van der Waals surface area contributed by atoms with Gasteiger partial charge in [0.2, 0.25) is 0 Å². The Balaban J connectivity index is 2.86. The van der Waals surface area contributed by atoms with Crippen LogP contribution in [0.5, 0.6) is 0 Å². The second-order valence-electron chi connectivity index (χ2n) is 2.28. The average molecular weight is 168 g/mol. The van der Waals surface area contributed by atoms with Gasteiger partial charge in [-0.3, -0.25) is 4.40 Å². The number of fused-ring (bicyclic) bond motifs is 1. The van der Waals surface area contributed by atoms with Gasteiger partial charge in [0.05, 0.1) is 6.20 Å². The summed E-state index contributed by atoms with van der Waals surface area (Å²) in [5.74, 6) is 0.921. The van der Waals surface area contributed by atoms with E-state index in [1.807, 2.05) is 17.5 Å². The standard InChI is InChI=1S/C7H6ClN3/c1-5-9-4-7-10-6(8)2-3-11(5)7/h2-4H,1H3. The van der Waals surface area contributed by atoms with Gasteiger partial charge in [-0.25, -0.2) is 9.97 Å². The number of hydrogen-bond donors (Lipinski definition) is 0. The average Bonchev–Trinajstić information content (AvgIpc) is 2.32. The predicted molar refractivity (Wildman–Crippen MR) is 42.7 cm³/mol. The fourth-order valence-electron chi connectivity index (χ4n) is 0.991. The predicted octanol–water partition coefficient (Wildman–Crippen LogP) is 1.69. The zero-order valence-electron chi connectivity index (χ0n) is 5.95. The zero-order chi connectivity index (χ0) is 7.84. The molecule has 2 aromatic heterocycles. The third kappa shape index (κ3) is 0.973. The van der Waals surface area contributed by atoms with E-state index < -0.39 is 0 Å². The van der Waals surface area contributed by atoms with Crippen molar-refractivity contribution in [3.8, 4) is 0 Å². The third-order valence-electron chi connectivity index (χ3n) is 1.54. The van der Waals surface area contributed by atoms with Crippen molar-refractivity contribution in [1.29, 1.82) is 0 Å². The van der Waals surface area contributed by atoms with Gasteiger partial charge >= 0.3 is 0 Å². The molecule has 0 radical (unpaired) electrons. The molecule has 0 unspecified atom stereocenters. The second-order valence-corrected chi connectivity index (χ2v) is 2.67. The third-order valence-corrected chi connectivity index (χ3v) is 1.76. The van der Waals surface area contributed by atoms with Crippen molar-refractivity contribution in [2.45, 2.75) is 6.92 Å². The Kier molecular flexibility index (Phi) is 1.32. The molecule has 2 heterocycles. The van der Waals surface area contributed by atoms with Crippen LogP contribution in [-0.2, 0) is 0 Å². The van der Waals surface area contributed by atoms with Crippen molar-refractivity contribution in [3.63, 3.8) is 0 Å². The number of halogens is 1. The molecule has 2 aromatic rings. The number of aromatic nitrogens is 3. The minimum atomic E-state index is 0.498. The molecule has 2 rings (SSSR count). The molecule has 0 amide bonds. The van der Waals surface area contributed by atoms with E-state index in [4.69, 9.17) is 11.6 Å². The molecule has 11 heavy (non-hydrogen) atoms. The topological polar surface area (TPSA) is 30.2 Å². The summed E-state index contributed by atoms with van der Waals surface area (Å²) < 4.78 is 1.88. The summed E-state index contributed by atoms with van der Waals surface area (Å²) in [6.45, 7) is 1.92. The highest BCUT2D eigenvalue weighted by Gasteiger charge is 1.98. The molecular weight excluding hydrogens is 162 g/mol. The van der Waals surface area contributed by atoms with Gasteiger partial charge in [0.25, 0.3) is 0 Å². The molecule has 0 aromatic carbocycles. The molecule has 0 fully saturated rings. The van der Waals surface area contributed by atoms with Crippen LogP contribution in [0.3, 0.4) is 0 Å². The lowest BCUT2D eigenvalue weighted by molar-refractivity contribution is 1.02. The molecule has 0 aliphatic heterocycles. The van der Waals surface area contributed by atoms with E-state index in [2.05, 4.69) is 9.97 Å². The fourth-order valence-corrected chi connectivity index (χ4v) is 1.13. The fraction of sp³-hybridized carbons (Fsp3) is 0.143. The molecule has 56 valence electrons. The first kappa shape index (κ1) is 6.61. The van der Waals surface area contributed by atoms with Crippen LogP contribution >= 0.6 is 11.6 Å². The van der Waals surface area contributed by atoms with Crippen molar-refractivity contribution in [2.75, 3.05) is 0 Å². The van der Waals surface area contributed by atoms with E-state index in [0.29, 0.717) is 5.15 Å². The van der Waals surface area contributed by atoms with Crippen LogP contribution in [0.25, 0.3) is 5.65 Å². The monoisotopic (exact) mass is 167 g/mol. The summed E-state index contributed by atoms with van der Waals surface area (Å²) in [4.78, 5) is 8.14. The highest BCUT2D eigenvalue weighted by atomic mass is 35.5. The highest BCUT2D eigenvalue weighted by Crippen LogP contribution is 2.07. The Morgan fingerprint density at radius 1 is 1.55 bits per heavy atom. The molecule has 4 heteroatoms. The minimum absolute atomic E-state index is 0.498. The molecular formula is C7H6ClN3. The molecule has 0 bridgehead atoms. The maximum Gasteiger partial charge on any atom is 0.158 e. The number of hydrogen-bond acceptors (Lipinski definition) is 2. The van der Waals surface area contributed by atoms with Crippen molar-refractivity contribution < 1.29 is 0 Å². The molecule has 0 N–H and O–H groups in total. The lowest BCUT2D eigenvalue weighted by Crippen LogP contribution is -1.88. The molecule has 0 aliphatic carbocycles. The van der Waals surface area contributed by atoms with E-state index in [-0.39, 0.29) is 0 Å². The Morgan fingerprint density at radius 2 is 2.36 bits per heavy atom. The van der Waals surface area contributed by atoms with Gasteiger partial charge in [-0.1, -0.05) is 11.6 Å². The largest absolute Gasteiger partial charge is 0.288 e. The van der Waals surface area contributed by atoms with Gasteiger partial charge in [0.15, 0.2) is 5.65 Å². The number of aryl methyl sites for hydroxylation is 1. The van der Waals surface area contributed by atoms with Gasteiger partial charge in [-0.15, -0.1) is 0 Å². The van der Waals surface area contributed by atoms with Crippen LogP contribution in [0.4, 0.5) is 0 Å². The normalized spacial score (nSPS) is 10.7. The SMILES string of the molecule is Cc1ncc2nc(Cl)ccn12. The van der Waals surface area contributed by atoms with E-state index in [9.17, 15) is 0 Å². The van der Waals surface area contributed by atoms with Crippen LogP contribution in [-0.4, -0.2) is 14.4 Å². The van der Waals surface area contributed by atoms with Crippen LogP contribution in [0.15, 0.2) is 18.5 Å². The first-order chi connectivity index (χ1) is 5.27. The zero-order valence-corrected chi connectivity index (χ0v) is 6.71. The number of nitrogens with zero attached hydrogens (tertiary/aromatic N) is 3. The lowest BCUT2D eigenvalue weighted by atomic mass is 10.6. The van der Waals surface area contributed by atoms with Gasteiger partial charge in [0.1, 0.15) is 11.0 Å². The van der Waals surface area contributed by atoms with Crippen LogP contribution < -0.4 is 0 Å². The Hall–Kier alpha value is -1.09. The van der Waals surface area contributed by atoms with Crippen LogP contribution in [0, 0.1) is 6.92 Å². The first-order valence-electron chi connectivity index (χ1n) is 3.23. The lowest BCUT2D eigenvalue weighted by Gasteiger charge is -1.93. The second kappa shape index (κ2) is 2.20. The minimum Gasteiger partial charge on any atom is -0.288 e. The van der Waals surface area contributed by atoms with Crippen LogP contribution in [0.1, 0.15) is 5.82 Å². The van der Waals surface area contributed by atoms with Crippen molar-refractivity contribution in [2.24, 2.45) is 0 Å². The quantitative estimate of drug-likeness (QED) is 0.559. The summed E-state index contributed by atoms with van der Waals surface area (Å²) >= 11 is 5.68.